The Balaban J connectivity index is 2.21. The zero-order chi connectivity index (χ0) is 13.0. The zero-order valence-corrected chi connectivity index (χ0v) is 11.2. The van der Waals surface area contributed by atoms with E-state index in [1.807, 2.05) is 24.3 Å². The molecule has 0 amide bonds. The van der Waals surface area contributed by atoms with Gasteiger partial charge in [-0.05, 0) is 45.4 Å². The highest BCUT2D eigenvalue weighted by Crippen LogP contribution is 2.23. The summed E-state index contributed by atoms with van der Waals surface area (Å²) in [5, 5.41) is 12.7. The van der Waals surface area contributed by atoms with E-state index in [2.05, 4.69) is 30.1 Å². The van der Waals surface area contributed by atoms with E-state index in [9.17, 15) is 5.26 Å². The molecular weight excluding hydrogens is 222 g/mol. The normalized spacial score (nSPS) is 18.9. The molecule has 96 valence electrons. The van der Waals surface area contributed by atoms with E-state index >= 15 is 0 Å². The zero-order valence-electron chi connectivity index (χ0n) is 11.2. The van der Waals surface area contributed by atoms with Crippen molar-refractivity contribution in [1.29, 1.82) is 5.26 Å². The molecule has 1 aliphatic rings. The van der Waals surface area contributed by atoms with Gasteiger partial charge < -0.3 is 10.2 Å². The molecule has 0 radical (unpaired) electrons. The fourth-order valence-corrected chi connectivity index (χ4v) is 2.56. The highest BCUT2D eigenvalue weighted by atomic mass is 15.2. The smallest absolute Gasteiger partial charge is 0.101 e. The molecule has 1 heterocycles. The molecular formula is C15H21N3. The van der Waals surface area contributed by atoms with Crippen molar-refractivity contribution in [1.82, 2.24) is 5.32 Å². The number of nitrogens with one attached hydrogen (secondary N) is 1. The number of hydrogen-bond donors (Lipinski definition) is 1. The van der Waals surface area contributed by atoms with Crippen molar-refractivity contribution in [3.63, 3.8) is 0 Å². The van der Waals surface area contributed by atoms with E-state index in [1.54, 1.807) is 0 Å². The van der Waals surface area contributed by atoms with Gasteiger partial charge in [0.2, 0.25) is 0 Å². The lowest BCUT2D eigenvalue weighted by molar-refractivity contribution is 0.552. The number of rotatable bonds is 4. The Labute approximate surface area is 109 Å². The van der Waals surface area contributed by atoms with Crippen LogP contribution in [0.1, 0.15) is 32.3 Å². The molecule has 1 unspecified atom stereocenters. The summed E-state index contributed by atoms with van der Waals surface area (Å²) in [6, 6.07) is 11.1. The Morgan fingerprint density at radius 2 is 2.22 bits per heavy atom. The standard InChI is InChI=1S/C15H21N3/c1-12(2)18(11-14-7-5-9-17-14)15-8-4-3-6-13(15)10-16/h3-4,6,8,12,14,17H,5,7,9,11H2,1-2H3. The predicted octanol–water partition coefficient (Wildman–Crippen LogP) is 2.53. The third kappa shape index (κ3) is 2.83. The first kappa shape index (κ1) is 12.9. The molecule has 3 heteroatoms. The minimum absolute atomic E-state index is 0.405. The molecule has 1 aromatic carbocycles. The monoisotopic (exact) mass is 243 g/mol. The summed E-state index contributed by atoms with van der Waals surface area (Å²) in [5.41, 5.74) is 1.83. The van der Waals surface area contributed by atoms with Gasteiger partial charge in [-0.25, -0.2) is 0 Å². The highest BCUT2D eigenvalue weighted by molar-refractivity contribution is 5.59. The number of nitriles is 1. The van der Waals surface area contributed by atoms with Gasteiger partial charge in [0.05, 0.1) is 11.3 Å². The SMILES string of the molecule is CC(C)N(CC1CCCN1)c1ccccc1C#N. The number of para-hydroxylation sites is 1. The van der Waals surface area contributed by atoms with Crippen molar-refractivity contribution >= 4 is 5.69 Å². The summed E-state index contributed by atoms with van der Waals surface area (Å²) in [6.07, 6.45) is 2.49. The Morgan fingerprint density at radius 3 is 2.83 bits per heavy atom. The van der Waals surface area contributed by atoms with Crippen LogP contribution >= 0.6 is 0 Å². The van der Waals surface area contributed by atoms with Gasteiger partial charge in [0.15, 0.2) is 0 Å². The highest BCUT2D eigenvalue weighted by Gasteiger charge is 2.21. The fourth-order valence-electron chi connectivity index (χ4n) is 2.56. The molecule has 1 atom stereocenters. The van der Waals surface area contributed by atoms with E-state index in [-0.39, 0.29) is 0 Å². The molecule has 0 saturated carbocycles. The van der Waals surface area contributed by atoms with Crippen LogP contribution < -0.4 is 10.2 Å². The summed E-state index contributed by atoms with van der Waals surface area (Å²) >= 11 is 0. The van der Waals surface area contributed by atoms with Crippen LogP contribution in [0.25, 0.3) is 0 Å². The molecule has 0 aliphatic carbocycles. The van der Waals surface area contributed by atoms with Crippen molar-refractivity contribution in [3.8, 4) is 6.07 Å². The molecule has 0 bridgehead atoms. The second-order valence-electron chi connectivity index (χ2n) is 5.17. The quantitative estimate of drug-likeness (QED) is 0.883. The van der Waals surface area contributed by atoms with E-state index < -0.39 is 0 Å². The molecule has 0 aromatic heterocycles. The lowest BCUT2D eigenvalue weighted by Gasteiger charge is -2.32. The molecule has 1 aromatic rings. The van der Waals surface area contributed by atoms with Gasteiger partial charge in [-0.3, -0.25) is 0 Å². The van der Waals surface area contributed by atoms with Gasteiger partial charge >= 0.3 is 0 Å². The van der Waals surface area contributed by atoms with Crippen LogP contribution in [-0.4, -0.2) is 25.2 Å². The first-order valence-electron chi connectivity index (χ1n) is 6.71. The summed E-state index contributed by atoms with van der Waals surface area (Å²) in [5.74, 6) is 0. The third-order valence-electron chi connectivity index (χ3n) is 3.54. The van der Waals surface area contributed by atoms with Gasteiger partial charge in [-0.1, -0.05) is 12.1 Å². The molecule has 1 fully saturated rings. The number of anilines is 1. The molecule has 0 spiro atoms. The van der Waals surface area contributed by atoms with Crippen LogP contribution in [0.15, 0.2) is 24.3 Å². The van der Waals surface area contributed by atoms with E-state index in [1.165, 1.54) is 12.8 Å². The topological polar surface area (TPSA) is 39.1 Å². The van der Waals surface area contributed by atoms with Gasteiger partial charge in [0, 0.05) is 18.6 Å². The Kier molecular flexibility index (Phi) is 4.22. The minimum atomic E-state index is 0.405. The van der Waals surface area contributed by atoms with Crippen LogP contribution in [0.4, 0.5) is 5.69 Å². The Morgan fingerprint density at radius 1 is 1.44 bits per heavy atom. The van der Waals surface area contributed by atoms with Gasteiger partial charge in [-0.15, -0.1) is 0 Å². The van der Waals surface area contributed by atoms with Crippen LogP contribution in [0.2, 0.25) is 0 Å². The summed E-state index contributed by atoms with van der Waals surface area (Å²) in [6.45, 7) is 6.47. The van der Waals surface area contributed by atoms with E-state index in [4.69, 9.17) is 0 Å². The second kappa shape index (κ2) is 5.88. The summed E-state index contributed by atoms with van der Waals surface area (Å²) in [4.78, 5) is 2.33. The van der Waals surface area contributed by atoms with Crippen molar-refractivity contribution < 1.29 is 0 Å². The molecule has 1 aliphatic heterocycles. The van der Waals surface area contributed by atoms with Crippen molar-refractivity contribution in [2.75, 3.05) is 18.0 Å². The van der Waals surface area contributed by atoms with Crippen LogP contribution in [0, 0.1) is 11.3 Å². The number of nitrogens with zero attached hydrogens (tertiary/aromatic N) is 2. The lowest BCUT2D eigenvalue weighted by Crippen LogP contribution is -2.41. The van der Waals surface area contributed by atoms with Crippen LogP contribution in [-0.2, 0) is 0 Å². The number of benzene rings is 1. The predicted molar refractivity (Wildman–Crippen MR) is 74.7 cm³/mol. The summed E-state index contributed by atoms with van der Waals surface area (Å²) in [7, 11) is 0. The Bertz CT molecular complexity index is 428. The minimum Gasteiger partial charge on any atom is -0.366 e. The fraction of sp³-hybridized carbons (Fsp3) is 0.533. The molecule has 1 saturated heterocycles. The average molecular weight is 243 g/mol. The average Bonchev–Trinajstić information content (AvgIpc) is 2.88. The molecule has 2 rings (SSSR count). The maximum absolute atomic E-state index is 9.22. The van der Waals surface area contributed by atoms with E-state index in [0.717, 1.165) is 24.3 Å². The molecule has 18 heavy (non-hydrogen) atoms. The van der Waals surface area contributed by atoms with Crippen LogP contribution in [0.3, 0.4) is 0 Å². The van der Waals surface area contributed by atoms with Crippen molar-refractivity contribution in [3.05, 3.63) is 29.8 Å². The van der Waals surface area contributed by atoms with Gasteiger partial charge in [-0.2, -0.15) is 5.26 Å². The largest absolute Gasteiger partial charge is 0.366 e. The first-order valence-corrected chi connectivity index (χ1v) is 6.71. The maximum atomic E-state index is 9.22. The second-order valence-corrected chi connectivity index (χ2v) is 5.17. The van der Waals surface area contributed by atoms with Crippen molar-refractivity contribution in [2.45, 2.75) is 38.8 Å². The molecule has 3 nitrogen and oxygen atoms in total. The van der Waals surface area contributed by atoms with Crippen molar-refractivity contribution in [2.24, 2.45) is 0 Å². The van der Waals surface area contributed by atoms with Gasteiger partial charge in [0.1, 0.15) is 6.07 Å². The first-order chi connectivity index (χ1) is 8.72. The van der Waals surface area contributed by atoms with E-state index in [0.29, 0.717) is 12.1 Å². The van der Waals surface area contributed by atoms with Crippen LogP contribution in [0.5, 0.6) is 0 Å². The lowest BCUT2D eigenvalue weighted by atomic mass is 10.1. The molecule has 1 N–H and O–H groups in total. The maximum Gasteiger partial charge on any atom is 0.101 e. The third-order valence-corrected chi connectivity index (χ3v) is 3.54. The summed E-state index contributed by atoms with van der Waals surface area (Å²) < 4.78 is 0. The number of hydrogen-bond acceptors (Lipinski definition) is 3. The Hall–Kier alpha value is -1.53. The van der Waals surface area contributed by atoms with Gasteiger partial charge in [0.25, 0.3) is 0 Å².